The molecule has 0 spiro atoms. The van der Waals surface area contributed by atoms with E-state index >= 15 is 0 Å². The normalized spacial score (nSPS) is 25.4. The lowest BCUT2D eigenvalue weighted by Gasteiger charge is -2.31. The summed E-state index contributed by atoms with van der Waals surface area (Å²) in [5, 5.41) is 0. The van der Waals surface area contributed by atoms with Gasteiger partial charge in [-0.25, -0.2) is 0 Å². The Balaban J connectivity index is 2.29. The first-order chi connectivity index (χ1) is 9.16. The highest BCUT2D eigenvalue weighted by Gasteiger charge is 2.48. The number of hydrogen-bond acceptors (Lipinski definition) is 3. The fourth-order valence-electron chi connectivity index (χ4n) is 3.44. The molecule has 2 atom stereocenters. The Labute approximate surface area is 122 Å². The summed E-state index contributed by atoms with van der Waals surface area (Å²) in [7, 11) is 1.70. The second kappa shape index (κ2) is 5.05. The molecule has 1 saturated heterocycles. The Bertz CT molecular complexity index is 494. The van der Waals surface area contributed by atoms with Crippen LogP contribution >= 0.6 is 0 Å². The van der Waals surface area contributed by atoms with Crippen LogP contribution in [0.15, 0.2) is 18.2 Å². The number of methoxy groups -OCH3 is 1. The molecule has 3 heteroatoms. The van der Waals surface area contributed by atoms with Crippen molar-refractivity contribution in [2.45, 2.75) is 58.3 Å². The van der Waals surface area contributed by atoms with E-state index in [1.165, 1.54) is 0 Å². The number of aryl methyl sites for hydroxylation is 1. The van der Waals surface area contributed by atoms with Gasteiger partial charge in [-0.2, -0.15) is 0 Å². The van der Waals surface area contributed by atoms with E-state index in [0.29, 0.717) is 5.92 Å². The smallest absolute Gasteiger partial charge is 0.122 e. The maximum Gasteiger partial charge on any atom is 0.122 e. The van der Waals surface area contributed by atoms with Crippen LogP contribution in [0.3, 0.4) is 0 Å². The topological polar surface area (TPSA) is 44.5 Å². The molecule has 1 aliphatic rings. The zero-order chi connectivity index (χ0) is 15.1. The number of benzene rings is 1. The molecule has 2 unspecified atom stereocenters. The van der Waals surface area contributed by atoms with E-state index in [9.17, 15) is 0 Å². The van der Waals surface area contributed by atoms with Gasteiger partial charge in [0.15, 0.2) is 0 Å². The third-order valence-electron chi connectivity index (χ3n) is 4.39. The van der Waals surface area contributed by atoms with Gasteiger partial charge in [-0.3, -0.25) is 0 Å². The van der Waals surface area contributed by atoms with Gasteiger partial charge in [0.25, 0.3) is 0 Å². The Kier molecular flexibility index (Phi) is 3.87. The van der Waals surface area contributed by atoms with Gasteiger partial charge in [0.2, 0.25) is 0 Å². The van der Waals surface area contributed by atoms with Gasteiger partial charge in [-0.1, -0.05) is 12.1 Å². The van der Waals surface area contributed by atoms with E-state index in [1.54, 1.807) is 7.11 Å². The maximum atomic E-state index is 6.54. The van der Waals surface area contributed by atoms with Crippen LogP contribution in [0.1, 0.15) is 51.3 Å². The average Bonchev–Trinajstić information content (AvgIpc) is 2.57. The van der Waals surface area contributed by atoms with E-state index in [4.69, 9.17) is 15.2 Å². The van der Waals surface area contributed by atoms with Gasteiger partial charge in [0.1, 0.15) is 5.75 Å². The fraction of sp³-hybridized carbons (Fsp3) is 0.647. The van der Waals surface area contributed by atoms with E-state index in [-0.39, 0.29) is 17.2 Å². The quantitative estimate of drug-likeness (QED) is 0.918. The number of rotatable bonds is 3. The predicted molar refractivity (Wildman–Crippen MR) is 82.0 cm³/mol. The molecule has 1 fully saturated rings. The molecule has 1 aliphatic heterocycles. The molecule has 0 bridgehead atoms. The van der Waals surface area contributed by atoms with E-state index < -0.39 is 0 Å². The van der Waals surface area contributed by atoms with Gasteiger partial charge in [-0.05, 0) is 58.2 Å². The molecule has 0 aromatic heterocycles. The molecule has 0 radical (unpaired) electrons. The highest BCUT2D eigenvalue weighted by Crippen LogP contribution is 2.47. The Morgan fingerprint density at radius 3 is 2.45 bits per heavy atom. The lowest BCUT2D eigenvalue weighted by molar-refractivity contribution is -0.0767. The van der Waals surface area contributed by atoms with Gasteiger partial charge in [0, 0.05) is 12.0 Å². The second-order valence-electron chi connectivity index (χ2n) is 7.03. The van der Waals surface area contributed by atoms with Crippen molar-refractivity contribution in [3.63, 3.8) is 0 Å². The van der Waals surface area contributed by atoms with Crippen LogP contribution in [0, 0.1) is 12.8 Å². The molecule has 20 heavy (non-hydrogen) atoms. The monoisotopic (exact) mass is 277 g/mol. The standard InChI is InChI=1S/C17H27NO2/c1-11-7-8-12(9-14(11)19-6)15(18)13-10-16(2,3)20-17(13,4)5/h7-9,13,15H,10,18H2,1-6H3. The summed E-state index contributed by atoms with van der Waals surface area (Å²) in [6.07, 6.45) is 0.970. The SMILES string of the molecule is COc1cc(C(N)C2CC(C)(C)OC2(C)C)ccc1C. The maximum absolute atomic E-state index is 6.54. The molecule has 0 saturated carbocycles. The first-order valence-corrected chi connectivity index (χ1v) is 7.26. The van der Waals surface area contributed by atoms with Gasteiger partial charge < -0.3 is 15.2 Å². The molecular formula is C17H27NO2. The minimum Gasteiger partial charge on any atom is -0.496 e. The number of hydrogen-bond donors (Lipinski definition) is 1. The van der Waals surface area contributed by atoms with E-state index in [2.05, 4.69) is 45.9 Å². The highest BCUT2D eigenvalue weighted by atomic mass is 16.5. The third-order valence-corrected chi connectivity index (χ3v) is 4.39. The van der Waals surface area contributed by atoms with Crippen molar-refractivity contribution in [2.75, 3.05) is 7.11 Å². The van der Waals surface area contributed by atoms with Crippen LogP contribution in [0.4, 0.5) is 0 Å². The number of ether oxygens (including phenoxy) is 2. The molecule has 112 valence electrons. The second-order valence-corrected chi connectivity index (χ2v) is 7.03. The van der Waals surface area contributed by atoms with Crippen molar-refractivity contribution in [3.05, 3.63) is 29.3 Å². The van der Waals surface area contributed by atoms with Crippen LogP contribution in [0.2, 0.25) is 0 Å². The zero-order valence-electron chi connectivity index (χ0n) is 13.5. The average molecular weight is 277 g/mol. The first-order valence-electron chi connectivity index (χ1n) is 7.26. The van der Waals surface area contributed by atoms with Crippen LogP contribution < -0.4 is 10.5 Å². The van der Waals surface area contributed by atoms with Crippen LogP contribution in [-0.4, -0.2) is 18.3 Å². The Hall–Kier alpha value is -1.06. The predicted octanol–water partition coefficient (Wildman–Crippen LogP) is 3.60. The molecular weight excluding hydrogens is 250 g/mol. The number of nitrogens with two attached hydrogens (primary N) is 1. The van der Waals surface area contributed by atoms with Crippen LogP contribution in [0.5, 0.6) is 5.75 Å². The zero-order valence-corrected chi connectivity index (χ0v) is 13.5. The van der Waals surface area contributed by atoms with E-state index in [0.717, 1.165) is 23.3 Å². The molecule has 0 aliphatic carbocycles. The van der Waals surface area contributed by atoms with Crippen molar-refractivity contribution in [3.8, 4) is 5.75 Å². The van der Waals surface area contributed by atoms with Gasteiger partial charge in [-0.15, -0.1) is 0 Å². The summed E-state index contributed by atoms with van der Waals surface area (Å²) >= 11 is 0. The summed E-state index contributed by atoms with van der Waals surface area (Å²) < 4.78 is 11.6. The van der Waals surface area contributed by atoms with Crippen molar-refractivity contribution in [1.29, 1.82) is 0 Å². The molecule has 2 rings (SSSR count). The molecule has 1 aromatic rings. The summed E-state index contributed by atoms with van der Waals surface area (Å²) in [6.45, 7) is 10.6. The van der Waals surface area contributed by atoms with Crippen molar-refractivity contribution in [1.82, 2.24) is 0 Å². The van der Waals surface area contributed by atoms with Gasteiger partial charge >= 0.3 is 0 Å². The van der Waals surface area contributed by atoms with Crippen molar-refractivity contribution in [2.24, 2.45) is 11.7 Å². The Morgan fingerprint density at radius 2 is 1.95 bits per heavy atom. The van der Waals surface area contributed by atoms with Crippen molar-refractivity contribution >= 4 is 0 Å². The van der Waals surface area contributed by atoms with E-state index in [1.807, 2.05) is 6.92 Å². The van der Waals surface area contributed by atoms with Crippen LogP contribution in [0.25, 0.3) is 0 Å². The summed E-state index contributed by atoms with van der Waals surface area (Å²) in [6, 6.07) is 6.19. The fourth-order valence-corrected chi connectivity index (χ4v) is 3.44. The summed E-state index contributed by atoms with van der Waals surface area (Å²) in [5.41, 5.74) is 8.46. The molecule has 3 nitrogen and oxygen atoms in total. The Morgan fingerprint density at radius 1 is 1.30 bits per heavy atom. The minimum absolute atomic E-state index is 0.0405. The highest BCUT2D eigenvalue weighted by molar-refractivity contribution is 5.38. The van der Waals surface area contributed by atoms with Gasteiger partial charge in [0.05, 0.1) is 18.3 Å². The third kappa shape index (κ3) is 2.84. The molecule has 2 N–H and O–H groups in total. The molecule has 1 aromatic carbocycles. The molecule has 0 amide bonds. The van der Waals surface area contributed by atoms with Crippen LogP contribution in [-0.2, 0) is 4.74 Å². The van der Waals surface area contributed by atoms with Crippen molar-refractivity contribution < 1.29 is 9.47 Å². The molecule has 1 heterocycles. The lowest BCUT2D eigenvalue weighted by atomic mass is 9.79. The largest absolute Gasteiger partial charge is 0.496 e. The lowest BCUT2D eigenvalue weighted by Crippen LogP contribution is -2.35. The minimum atomic E-state index is -0.207. The summed E-state index contributed by atoms with van der Waals surface area (Å²) in [5.74, 6) is 1.19. The summed E-state index contributed by atoms with van der Waals surface area (Å²) in [4.78, 5) is 0. The first kappa shape index (κ1) is 15.3.